The number of methoxy groups -OCH3 is 1. The van der Waals surface area contributed by atoms with Crippen molar-refractivity contribution in [1.82, 2.24) is 24.7 Å². The van der Waals surface area contributed by atoms with Crippen LogP contribution in [-0.4, -0.2) is 48.9 Å². The second-order valence-electron chi connectivity index (χ2n) is 8.87. The molecule has 3 aromatic rings. The van der Waals surface area contributed by atoms with Crippen LogP contribution >= 0.6 is 7.14 Å². The molecule has 3 heterocycles. The first-order chi connectivity index (χ1) is 16.9. The van der Waals surface area contributed by atoms with Crippen LogP contribution in [0.15, 0.2) is 29.8 Å². The Morgan fingerprint density at radius 1 is 1.20 bits per heavy atom. The predicted molar refractivity (Wildman–Crippen MR) is 132 cm³/mol. The standard InChI is InChI=1S/C23H26N7O4P/c1-4-18(31)15-11-24-19(29-32)9-16(15)27-23-22(34-3)21(25-12-26-23)17-10-20(30(2)28-17)35(33,13-5-6-13)14-7-8-14/h9-14H,4-8H2,1-3H3,(H,24,25,26,27). The number of pyridine rings is 1. The molecule has 1 N–H and O–H groups in total. The van der Waals surface area contributed by atoms with Crippen molar-refractivity contribution in [2.75, 3.05) is 12.4 Å². The van der Waals surface area contributed by atoms with E-state index in [9.17, 15) is 14.3 Å². The van der Waals surface area contributed by atoms with E-state index in [1.165, 1.54) is 25.7 Å². The van der Waals surface area contributed by atoms with Crippen LogP contribution in [-0.2, 0) is 11.6 Å². The molecule has 0 saturated heterocycles. The molecule has 2 fully saturated rings. The Hall–Kier alpha value is -3.46. The molecule has 182 valence electrons. The third kappa shape index (κ3) is 4.14. The SMILES string of the molecule is CCC(=O)c1cnc(N=O)cc1Nc1ncnc(-c2cc(P(=O)(C3CC3)C3CC3)n(C)n2)c1OC. The monoisotopic (exact) mass is 495 g/mol. The molecule has 0 aromatic carbocycles. The normalized spacial score (nSPS) is 15.6. The lowest BCUT2D eigenvalue weighted by Gasteiger charge is -2.17. The van der Waals surface area contributed by atoms with Gasteiger partial charge in [0.1, 0.15) is 24.9 Å². The van der Waals surface area contributed by atoms with Crippen molar-refractivity contribution in [2.45, 2.75) is 50.3 Å². The van der Waals surface area contributed by atoms with Gasteiger partial charge in [0.15, 0.2) is 23.2 Å². The van der Waals surface area contributed by atoms with Crippen LogP contribution in [0.25, 0.3) is 11.4 Å². The summed E-state index contributed by atoms with van der Waals surface area (Å²) in [4.78, 5) is 36.1. The highest BCUT2D eigenvalue weighted by Crippen LogP contribution is 2.69. The number of nitrogens with zero attached hydrogens (tertiary/aromatic N) is 6. The van der Waals surface area contributed by atoms with Gasteiger partial charge in [-0.3, -0.25) is 9.48 Å². The Morgan fingerprint density at radius 2 is 1.91 bits per heavy atom. The number of aromatic nitrogens is 5. The van der Waals surface area contributed by atoms with Crippen molar-refractivity contribution in [1.29, 1.82) is 0 Å². The number of Topliss-reactive ketones (excluding diaryl/α,β-unsaturated/α-hetero) is 1. The minimum atomic E-state index is -2.53. The van der Waals surface area contributed by atoms with Crippen LogP contribution in [0, 0.1) is 4.91 Å². The number of ether oxygens (including phenoxy) is 1. The zero-order valence-electron chi connectivity index (χ0n) is 19.8. The first-order valence-corrected chi connectivity index (χ1v) is 13.4. The van der Waals surface area contributed by atoms with E-state index in [-0.39, 0.29) is 35.2 Å². The molecule has 3 aromatic heterocycles. The van der Waals surface area contributed by atoms with Gasteiger partial charge < -0.3 is 14.6 Å². The van der Waals surface area contributed by atoms with Gasteiger partial charge in [0.05, 0.1) is 23.8 Å². The maximum absolute atomic E-state index is 14.0. The zero-order chi connectivity index (χ0) is 24.7. The average molecular weight is 495 g/mol. The molecule has 0 spiro atoms. The van der Waals surface area contributed by atoms with Crippen LogP contribution < -0.4 is 15.5 Å². The molecule has 2 saturated carbocycles. The van der Waals surface area contributed by atoms with Crippen molar-refractivity contribution in [2.24, 2.45) is 12.2 Å². The number of hydrogen-bond donors (Lipinski definition) is 1. The smallest absolute Gasteiger partial charge is 0.198 e. The summed E-state index contributed by atoms with van der Waals surface area (Å²) in [6, 6.07) is 3.25. The van der Waals surface area contributed by atoms with E-state index in [1.54, 1.807) is 11.6 Å². The van der Waals surface area contributed by atoms with Crippen LogP contribution in [0.1, 0.15) is 49.4 Å². The van der Waals surface area contributed by atoms with Gasteiger partial charge in [0.25, 0.3) is 0 Å². The molecule has 0 unspecified atom stereocenters. The van der Waals surface area contributed by atoms with E-state index in [2.05, 4.69) is 30.5 Å². The molecule has 0 amide bonds. The number of carbonyl (C=O) groups is 1. The van der Waals surface area contributed by atoms with Crippen LogP contribution in [0.2, 0.25) is 0 Å². The topological polar surface area (TPSA) is 141 Å². The van der Waals surface area contributed by atoms with Gasteiger partial charge in [-0.1, -0.05) is 6.92 Å². The van der Waals surface area contributed by atoms with Crippen LogP contribution in [0.3, 0.4) is 0 Å². The number of hydrogen-bond acceptors (Lipinski definition) is 10. The molecule has 11 nitrogen and oxygen atoms in total. The van der Waals surface area contributed by atoms with E-state index >= 15 is 0 Å². The Bertz CT molecular complexity index is 1350. The number of ketones is 1. The summed E-state index contributed by atoms with van der Waals surface area (Å²) in [6.45, 7) is 1.74. The third-order valence-corrected chi connectivity index (χ3v) is 10.8. The first kappa shape index (κ1) is 23.3. The molecule has 0 aliphatic heterocycles. The van der Waals surface area contributed by atoms with Crippen molar-refractivity contribution in [3.05, 3.63) is 35.1 Å². The lowest BCUT2D eigenvalue weighted by atomic mass is 10.1. The molecular weight excluding hydrogens is 469 g/mol. The number of nitrogens with one attached hydrogen (secondary N) is 1. The van der Waals surface area contributed by atoms with E-state index in [0.29, 0.717) is 28.4 Å². The molecular formula is C23H26N7O4P. The van der Waals surface area contributed by atoms with Crippen molar-refractivity contribution >= 4 is 35.7 Å². The Kier molecular flexibility index (Phi) is 5.96. The summed E-state index contributed by atoms with van der Waals surface area (Å²) < 4.78 is 21.4. The highest BCUT2D eigenvalue weighted by molar-refractivity contribution is 7.73. The van der Waals surface area contributed by atoms with E-state index in [0.717, 1.165) is 31.1 Å². The summed E-state index contributed by atoms with van der Waals surface area (Å²) in [5.74, 6) is 0.359. The Morgan fingerprint density at radius 3 is 2.51 bits per heavy atom. The van der Waals surface area contributed by atoms with Crippen molar-refractivity contribution in [3.8, 4) is 17.1 Å². The van der Waals surface area contributed by atoms with E-state index < -0.39 is 7.14 Å². The van der Waals surface area contributed by atoms with E-state index in [1.807, 2.05) is 13.1 Å². The first-order valence-electron chi connectivity index (χ1n) is 11.6. The number of carbonyl (C=O) groups excluding carboxylic acids is 1. The molecule has 0 atom stereocenters. The lowest BCUT2D eigenvalue weighted by Crippen LogP contribution is -2.20. The molecule has 2 aliphatic carbocycles. The highest BCUT2D eigenvalue weighted by Gasteiger charge is 2.53. The quantitative estimate of drug-likeness (QED) is 0.247. The fourth-order valence-electron chi connectivity index (χ4n) is 4.47. The number of anilines is 2. The third-order valence-electron chi connectivity index (χ3n) is 6.50. The average Bonchev–Trinajstić information content (AvgIpc) is 3.79. The minimum absolute atomic E-state index is 0.0707. The molecule has 0 bridgehead atoms. The number of rotatable bonds is 10. The summed E-state index contributed by atoms with van der Waals surface area (Å²) in [6.07, 6.45) is 6.94. The van der Waals surface area contributed by atoms with Crippen LogP contribution in [0.5, 0.6) is 5.75 Å². The molecule has 35 heavy (non-hydrogen) atoms. The van der Waals surface area contributed by atoms with Gasteiger partial charge >= 0.3 is 0 Å². The maximum atomic E-state index is 14.0. The largest absolute Gasteiger partial charge is 0.491 e. The van der Waals surface area contributed by atoms with Crippen LogP contribution in [0.4, 0.5) is 17.3 Å². The second kappa shape index (κ2) is 8.96. The van der Waals surface area contributed by atoms with Gasteiger partial charge in [-0.05, 0) is 36.9 Å². The predicted octanol–water partition coefficient (Wildman–Crippen LogP) is 4.33. The van der Waals surface area contributed by atoms with E-state index in [4.69, 9.17) is 4.74 Å². The number of nitroso groups, excluding NO2 is 1. The van der Waals surface area contributed by atoms with Gasteiger partial charge in [-0.2, -0.15) is 5.10 Å². The summed E-state index contributed by atoms with van der Waals surface area (Å²) in [7, 11) is 0.767. The molecule has 12 heteroatoms. The molecule has 5 rings (SSSR count). The van der Waals surface area contributed by atoms with Gasteiger partial charge in [0, 0.05) is 37.0 Å². The van der Waals surface area contributed by atoms with Crippen molar-refractivity contribution in [3.63, 3.8) is 0 Å². The summed E-state index contributed by atoms with van der Waals surface area (Å²) in [5, 5.41) is 10.6. The Balaban J connectivity index is 1.55. The number of aryl methyl sites for hydroxylation is 1. The van der Waals surface area contributed by atoms with Crippen molar-refractivity contribution < 1.29 is 14.1 Å². The highest BCUT2D eigenvalue weighted by atomic mass is 31.2. The minimum Gasteiger partial charge on any atom is -0.491 e. The zero-order valence-corrected chi connectivity index (χ0v) is 20.7. The molecule has 0 radical (unpaired) electrons. The molecule has 2 aliphatic rings. The van der Waals surface area contributed by atoms with Gasteiger partial charge in [-0.25, -0.2) is 15.0 Å². The van der Waals surface area contributed by atoms with Gasteiger partial charge in [0.2, 0.25) is 0 Å². The van der Waals surface area contributed by atoms with Gasteiger partial charge in [-0.15, -0.1) is 4.91 Å². The lowest BCUT2D eigenvalue weighted by molar-refractivity contribution is 0.0988. The fraction of sp³-hybridized carbons (Fsp3) is 0.435. The second-order valence-corrected chi connectivity index (χ2v) is 12.2. The summed E-state index contributed by atoms with van der Waals surface area (Å²) >= 11 is 0. The fourth-order valence-corrected chi connectivity index (χ4v) is 8.46. The maximum Gasteiger partial charge on any atom is 0.198 e. The Labute approximate surface area is 202 Å². The summed E-state index contributed by atoms with van der Waals surface area (Å²) in [5.41, 5.74) is 2.88.